The minimum absolute atomic E-state index is 0.291. The molecule has 0 atom stereocenters. The van der Waals surface area contributed by atoms with Crippen molar-refractivity contribution in [3.05, 3.63) is 66.2 Å². The lowest BCUT2D eigenvalue weighted by Crippen LogP contribution is -2.01. The van der Waals surface area contributed by atoms with E-state index in [-0.39, 0.29) is 5.82 Å². The first-order valence-corrected chi connectivity index (χ1v) is 6.66. The van der Waals surface area contributed by atoms with E-state index in [9.17, 15) is 4.39 Å². The van der Waals surface area contributed by atoms with Crippen LogP contribution in [-0.2, 0) is 6.54 Å². The summed E-state index contributed by atoms with van der Waals surface area (Å²) in [5.74, 6) is 0.337. The van der Waals surface area contributed by atoms with Gasteiger partial charge < -0.3 is 10.1 Å². The average Bonchev–Trinajstić information content (AvgIpc) is 2.54. The van der Waals surface area contributed by atoms with Gasteiger partial charge in [0, 0.05) is 30.4 Å². The molecule has 0 spiro atoms. The predicted octanol–water partition coefficient (Wildman–Crippen LogP) is 3.99. The molecular weight excluding hydrogens is 267 g/mol. The van der Waals surface area contributed by atoms with E-state index in [2.05, 4.69) is 16.4 Å². The third-order valence-corrected chi connectivity index (χ3v) is 3.36. The smallest absolute Gasteiger partial charge is 0.146 e. The van der Waals surface area contributed by atoms with E-state index >= 15 is 0 Å². The summed E-state index contributed by atoms with van der Waals surface area (Å²) in [6.45, 7) is 0.544. The number of hydrogen-bond donors (Lipinski definition) is 1. The quantitative estimate of drug-likeness (QED) is 0.785. The Balaban J connectivity index is 1.80. The molecule has 0 fully saturated rings. The lowest BCUT2D eigenvalue weighted by atomic mass is 10.1. The highest BCUT2D eigenvalue weighted by Gasteiger charge is 2.04. The number of methoxy groups -OCH3 is 1. The fourth-order valence-electron chi connectivity index (χ4n) is 2.21. The molecule has 0 aliphatic carbocycles. The molecule has 0 radical (unpaired) electrons. The van der Waals surface area contributed by atoms with Crippen molar-refractivity contribution in [3.63, 3.8) is 0 Å². The molecule has 0 bridgehead atoms. The van der Waals surface area contributed by atoms with Gasteiger partial charge in [-0.3, -0.25) is 4.98 Å². The van der Waals surface area contributed by atoms with E-state index in [1.807, 2.05) is 24.4 Å². The lowest BCUT2D eigenvalue weighted by molar-refractivity contribution is 0.414. The van der Waals surface area contributed by atoms with Crippen LogP contribution in [-0.4, -0.2) is 12.1 Å². The van der Waals surface area contributed by atoms with Crippen molar-refractivity contribution in [2.75, 3.05) is 12.4 Å². The predicted molar refractivity (Wildman–Crippen MR) is 82.0 cm³/mol. The SMILES string of the molecule is COc1ccc(F)c(NCc2ccc3cnccc3c2)c1. The third kappa shape index (κ3) is 2.94. The molecule has 3 aromatic rings. The maximum absolute atomic E-state index is 13.7. The van der Waals surface area contributed by atoms with Crippen LogP contribution in [0.1, 0.15) is 5.56 Å². The Hall–Kier alpha value is -2.62. The molecule has 1 aromatic heterocycles. The monoisotopic (exact) mass is 282 g/mol. The lowest BCUT2D eigenvalue weighted by Gasteiger charge is -2.10. The topological polar surface area (TPSA) is 34.1 Å². The van der Waals surface area contributed by atoms with Gasteiger partial charge in [0.1, 0.15) is 11.6 Å². The van der Waals surface area contributed by atoms with Gasteiger partial charge in [-0.15, -0.1) is 0 Å². The molecule has 4 heteroatoms. The highest BCUT2D eigenvalue weighted by Crippen LogP contribution is 2.22. The summed E-state index contributed by atoms with van der Waals surface area (Å²) in [7, 11) is 1.56. The zero-order chi connectivity index (χ0) is 14.7. The molecule has 0 amide bonds. The van der Waals surface area contributed by atoms with Crippen LogP contribution in [0.15, 0.2) is 54.9 Å². The number of rotatable bonds is 4. The Morgan fingerprint density at radius 2 is 2.00 bits per heavy atom. The van der Waals surface area contributed by atoms with Crippen molar-refractivity contribution < 1.29 is 9.13 Å². The van der Waals surface area contributed by atoms with Gasteiger partial charge in [-0.1, -0.05) is 12.1 Å². The van der Waals surface area contributed by atoms with Crippen molar-refractivity contribution in [3.8, 4) is 5.75 Å². The number of nitrogens with one attached hydrogen (secondary N) is 1. The van der Waals surface area contributed by atoms with E-state index in [1.165, 1.54) is 6.07 Å². The Labute approximate surface area is 122 Å². The van der Waals surface area contributed by atoms with Gasteiger partial charge in [-0.05, 0) is 35.2 Å². The highest BCUT2D eigenvalue weighted by atomic mass is 19.1. The number of aromatic nitrogens is 1. The van der Waals surface area contributed by atoms with Crippen molar-refractivity contribution in [1.29, 1.82) is 0 Å². The van der Waals surface area contributed by atoms with Crippen molar-refractivity contribution in [2.24, 2.45) is 0 Å². The molecule has 106 valence electrons. The Morgan fingerprint density at radius 3 is 2.86 bits per heavy atom. The minimum atomic E-state index is -0.291. The van der Waals surface area contributed by atoms with Crippen LogP contribution in [0.4, 0.5) is 10.1 Å². The average molecular weight is 282 g/mol. The van der Waals surface area contributed by atoms with Gasteiger partial charge in [0.2, 0.25) is 0 Å². The third-order valence-electron chi connectivity index (χ3n) is 3.36. The van der Waals surface area contributed by atoms with Crippen molar-refractivity contribution >= 4 is 16.5 Å². The van der Waals surface area contributed by atoms with Gasteiger partial charge >= 0.3 is 0 Å². The second-order valence-electron chi connectivity index (χ2n) is 4.76. The molecule has 3 nitrogen and oxygen atoms in total. The summed E-state index contributed by atoms with van der Waals surface area (Å²) < 4.78 is 18.8. The van der Waals surface area contributed by atoms with E-state index in [4.69, 9.17) is 4.74 Å². The second-order valence-corrected chi connectivity index (χ2v) is 4.76. The summed E-state index contributed by atoms with van der Waals surface area (Å²) >= 11 is 0. The zero-order valence-corrected chi connectivity index (χ0v) is 11.6. The van der Waals surface area contributed by atoms with Gasteiger partial charge in [0.15, 0.2) is 0 Å². The molecule has 0 saturated heterocycles. The summed E-state index contributed by atoms with van der Waals surface area (Å²) in [6.07, 6.45) is 3.59. The molecule has 0 aliphatic heterocycles. The molecular formula is C17H15FN2O. The number of anilines is 1. The van der Waals surface area contributed by atoms with Crippen LogP contribution in [0.25, 0.3) is 10.8 Å². The van der Waals surface area contributed by atoms with Crippen molar-refractivity contribution in [1.82, 2.24) is 4.98 Å². The summed E-state index contributed by atoms with van der Waals surface area (Å²) in [5, 5.41) is 5.31. The van der Waals surface area contributed by atoms with Gasteiger partial charge in [-0.25, -0.2) is 4.39 Å². The van der Waals surface area contributed by atoms with Crippen LogP contribution >= 0.6 is 0 Å². The van der Waals surface area contributed by atoms with Gasteiger partial charge in [-0.2, -0.15) is 0 Å². The van der Waals surface area contributed by atoms with E-state index in [0.717, 1.165) is 16.3 Å². The fourth-order valence-corrected chi connectivity index (χ4v) is 2.21. The first-order chi connectivity index (χ1) is 10.3. The fraction of sp³-hybridized carbons (Fsp3) is 0.118. The minimum Gasteiger partial charge on any atom is -0.497 e. The highest BCUT2D eigenvalue weighted by molar-refractivity contribution is 5.82. The number of benzene rings is 2. The number of nitrogens with zero attached hydrogens (tertiary/aromatic N) is 1. The van der Waals surface area contributed by atoms with Gasteiger partial charge in [0.05, 0.1) is 12.8 Å². The standard InChI is InChI=1S/C17H15FN2O/c1-21-15-4-5-16(18)17(9-15)20-10-12-2-3-14-11-19-7-6-13(14)8-12/h2-9,11,20H,10H2,1H3. The first kappa shape index (κ1) is 13.4. The van der Waals surface area contributed by atoms with Crippen LogP contribution in [0.2, 0.25) is 0 Å². The summed E-state index contributed by atoms with van der Waals surface area (Å²) in [6, 6.07) is 12.7. The Kier molecular flexibility index (Phi) is 3.69. The maximum atomic E-state index is 13.7. The first-order valence-electron chi connectivity index (χ1n) is 6.66. The molecule has 1 N–H and O–H groups in total. The van der Waals surface area contributed by atoms with E-state index < -0.39 is 0 Å². The molecule has 0 unspecified atom stereocenters. The van der Waals surface area contributed by atoms with Crippen LogP contribution in [0.3, 0.4) is 0 Å². The van der Waals surface area contributed by atoms with Crippen molar-refractivity contribution in [2.45, 2.75) is 6.54 Å². The molecule has 1 heterocycles. The van der Waals surface area contributed by atoms with E-state index in [1.54, 1.807) is 25.4 Å². The number of halogens is 1. The molecule has 21 heavy (non-hydrogen) atoms. The maximum Gasteiger partial charge on any atom is 0.146 e. The molecule has 2 aromatic carbocycles. The zero-order valence-electron chi connectivity index (χ0n) is 11.6. The van der Waals surface area contributed by atoms with Crippen LogP contribution < -0.4 is 10.1 Å². The largest absolute Gasteiger partial charge is 0.497 e. The Bertz CT molecular complexity index is 774. The number of hydrogen-bond acceptors (Lipinski definition) is 3. The van der Waals surface area contributed by atoms with E-state index in [0.29, 0.717) is 18.0 Å². The summed E-state index contributed by atoms with van der Waals surface area (Å²) in [4.78, 5) is 4.09. The molecule has 0 saturated carbocycles. The van der Waals surface area contributed by atoms with Gasteiger partial charge in [0.25, 0.3) is 0 Å². The second kappa shape index (κ2) is 5.79. The Morgan fingerprint density at radius 1 is 1.10 bits per heavy atom. The number of ether oxygens (including phenoxy) is 1. The van der Waals surface area contributed by atoms with Crippen LogP contribution in [0, 0.1) is 5.82 Å². The van der Waals surface area contributed by atoms with Crippen LogP contribution in [0.5, 0.6) is 5.75 Å². The number of pyridine rings is 1. The molecule has 0 aliphatic rings. The molecule has 3 rings (SSSR count). The summed E-state index contributed by atoms with van der Waals surface area (Å²) in [5.41, 5.74) is 1.51. The number of fused-ring (bicyclic) bond motifs is 1. The normalized spacial score (nSPS) is 10.6.